The Hall–Kier alpha value is -0.680. The normalized spacial score (nSPS) is 23.8. The molecule has 1 saturated heterocycles. The van der Waals surface area contributed by atoms with Gasteiger partial charge in [0.1, 0.15) is 13.2 Å². The van der Waals surface area contributed by atoms with Crippen molar-refractivity contribution in [1.29, 1.82) is 0 Å². The number of phosphoric ester groups is 1. The number of carbonyl (C=O) groups is 1. The van der Waals surface area contributed by atoms with Crippen molar-refractivity contribution in [2.24, 2.45) is 5.92 Å². The second kappa shape index (κ2) is 14.4. The zero-order valence-corrected chi connectivity index (χ0v) is 19.9. The van der Waals surface area contributed by atoms with E-state index < -0.39 is 14.1 Å². The van der Waals surface area contributed by atoms with Gasteiger partial charge >= 0.3 is 14.1 Å². The van der Waals surface area contributed by atoms with Gasteiger partial charge in [-0.05, 0) is 6.42 Å². The number of cyclic esters (lactones) is 1. The highest BCUT2D eigenvalue weighted by atomic mass is 31.2. The van der Waals surface area contributed by atoms with Crippen LogP contribution in [0.1, 0.15) is 104 Å². The predicted octanol–water partition coefficient (Wildman–Crippen LogP) is 6.02. The van der Waals surface area contributed by atoms with E-state index in [1.807, 2.05) is 6.92 Å². The van der Waals surface area contributed by atoms with Crippen LogP contribution < -0.4 is 4.89 Å². The fraction of sp³-hybridized carbons (Fsp3) is 0.870. The van der Waals surface area contributed by atoms with Crippen LogP contribution in [-0.4, -0.2) is 25.8 Å². The predicted molar refractivity (Wildman–Crippen MR) is 117 cm³/mol. The van der Waals surface area contributed by atoms with Gasteiger partial charge in [-0.15, -0.1) is 0 Å². The van der Waals surface area contributed by atoms with Crippen molar-refractivity contribution in [3.8, 4) is 0 Å². The molecule has 6 nitrogen and oxygen atoms in total. The maximum absolute atomic E-state index is 12.8. The summed E-state index contributed by atoms with van der Waals surface area (Å²) in [5.74, 6) is -0.234. The fourth-order valence-electron chi connectivity index (χ4n) is 3.98. The molecule has 30 heavy (non-hydrogen) atoms. The first kappa shape index (κ1) is 25.6. The van der Waals surface area contributed by atoms with Crippen molar-refractivity contribution in [1.82, 2.24) is 0 Å². The summed E-state index contributed by atoms with van der Waals surface area (Å²) in [6.45, 7) is 4.83. The molecule has 0 N–H and O–H groups in total. The highest BCUT2D eigenvalue weighted by molar-refractivity contribution is 7.54. The van der Waals surface area contributed by atoms with Crippen LogP contribution in [-0.2, 0) is 23.1 Å². The summed E-state index contributed by atoms with van der Waals surface area (Å²) in [6, 6.07) is 0. The van der Waals surface area contributed by atoms with Crippen LogP contribution in [0.3, 0.4) is 0 Å². The van der Waals surface area contributed by atoms with E-state index in [0.717, 1.165) is 12.8 Å². The molecule has 2 atom stereocenters. The highest BCUT2D eigenvalue weighted by Crippen LogP contribution is 2.58. The largest absolute Gasteiger partial charge is 0.598 e. The summed E-state index contributed by atoms with van der Waals surface area (Å²) in [6.07, 6.45) is 17.0. The molecule has 1 unspecified atom stereocenters. The van der Waals surface area contributed by atoms with Crippen molar-refractivity contribution in [2.45, 2.75) is 104 Å². The summed E-state index contributed by atoms with van der Waals surface area (Å²) in [5.41, 5.74) is 0.458. The average molecular weight is 445 g/mol. The molecule has 0 amide bonds. The third kappa shape index (κ3) is 8.82. The molecule has 2 aliphatic heterocycles. The van der Waals surface area contributed by atoms with Gasteiger partial charge in [-0.25, -0.2) is 4.79 Å². The molecule has 0 saturated carbocycles. The van der Waals surface area contributed by atoms with Crippen LogP contribution in [0.5, 0.6) is 0 Å². The summed E-state index contributed by atoms with van der Waals surface area (Å²) >= 11 is 0. The van der Waals surface area contributed by atoms with Gasteiger partial charge in [0.05, 0.1) is 18.1 Å². The average Bonchev–Trinajstić information content (AvgIpc) is 3.04. The van der Waals surface area contributed by atoms with E-state index in [4.69, 9.17) is 18.3 Å². The quantitative estimate of drug-likeness (QED) is 0.165. The fourth-order valence-corrected chi connectivity index (χ4v) is 5.38. The lowest BCUT2D eigenvalue weighted by atomic mass is 10.0. The number of fused-ring (bicyclic) bond motifs is 1. The molecule has 0 aromatic rings. The van der Waals surface area contributed by atoms with Crippen LogP contribution in [0.15, 0.2) is 11.3 Å². The Balaban J connectivity index is 1.51. The molecule has 0 aromatic heterocycles. The third-order valence-electron chi connectivity index (χ3n) is 5.82. The first-order chi connectivity index (χ1) is 14.6. The summed E-state index contributed by atoms with van der Waals surface area (Å²) in [4.78, 5) is 24.7. The molecule has 7 heteroatoms. The van der Waals surface area contributed by atoms with Gasteiger partial charge in [0, 0.05) is 6.42 Å². The van der Waals surface area contributed by atoms with Crippen LogP contribution >= 0.6 is 8.17 Å². The summed E-state index contributed by atoms with van der Waals surface area (Å²) in [7, 11) is -3.66. The van der Waals surface area contributed by atoms with Crippen LogP contribution in [0.25, 0.3) is 0 Å². The maximum atomic E-state index is 12.8. The number of rotatable bonds is 16. The zero-order valence-electron chi connectivity index (χ0n) is 19.0. The van der Waals surface area contributed by atoms with E-state index in [2.05, 4.69) is 6.92 Å². The van der Waals surface area contributed by atoms with E-state index in [9.17, 15) is 9.69 Å². The molecule has 2 aliphatic rings. The highest BCUT2D eigenvalue weighted by Gasteiger charge is 2.46. The van der Waals surface area contributed by atoms with Crippen molar-refractivity contribution in [3.05, 3.63) is 11.3 Å². The second-order valence-electron chi connectivity index (χ2n) is 8.40. The molecule has 174 valence electrons. The lowest BCUT2D eigenvalue weighted by Gasteiger charge is -2.24. The Morgan fingerprint density at radius 1 is 0.900 bits per heavy atom. The Morgan fingerprint density at radius 2 is 1.47 bits per heavy atom. The standard InChI is InChI=1S/C23H41O6P/c1-3-5-6-7-8-9-10-11-12-13-14-15-16-17-27-30(25)28-19-20-18-26-23(24)22(20)21(4-2)29-30/h20H,3-19H2,1-2H3/t20-,30?/m0/s1. The smallest absolute Gasteiger partial charge is 0.428 e. The van der Waals surface area contributed by atoms with E-state index in [0.29, 0.717) is 24.4 Å². The van der Waals surface area contributed by atoms with Crippen molar-refractivity contribution >= 4 is 14.1 Å². The number of allylic oxidation sites excluding steroid dienone is 1. The molecule has 2 rings (SSSR count). The number of ether oxygens (including phenoxy) is 1. The first-order valence-corrected chi connectivity index (χ1v) is 13.5. The molecule has 0 spiro atoms. The topological polar surface area (TPSA) is 77.0 Å². The lowest BCUT2D eigenvalue weighted by Crippen LogP contribution is -2.20. The minimum Gasteiger partial charge on any atom is -0.598 e. The van der Waals surface area contributed by atoms with Gasteiger partial charge < -0.3 is 9.63 Å². The molecule has 0 aliphatic carbocycles. The van der Waals surface area contributed by atoms with E-state index in [1.165, 1.54) is 70.6 Å². The third-order valence-corrected chi connectivity index (χ3v) is 7.23. The minimum absolute atomic E-state index is 0.125. The van der Waals surface area contributed by atoms with E-state index in [1.54, 1.807) is 0 Å². The van der Waals surface area contributed by atoms with Crippen molar-refractivity contribution < 1.29 is 28.0 Å². The van der Waals surface area contributed by atoms with Gasteiger partial charge in [0.2, 0.25) is 0 Å². The molecular formula is C23H41O6P. The molecule has 1 fully saturated rings. The maximum Gasteiger partial charge on any atom is 0.428 e. The Labute approximate surface area is 183 Å². The molecule has 0 aromatic carbocycles. The van der Waals surface area contributed by atoms with Gasteiger partial charge in [-0.2, -0.15) is 9.05 Å². The SMILES string of the molecule is CCCCCCCCCCCCCCCO[P+]1([O-])OC[C@@H]2COC(=O)C2=C(CC)O1. The van der Waals surface area contributed by atoms with Gasteiger partial charge in [-0.1, -0.05) is 90.9 Å². The Morgan fingerprint density at radius 3 is 2.03 bits per heavy atom. The molecular weight excluding hydrogens is 403 g/mol. The van der Waals surface area contributed by atoms with E-state index >= 15 is 0 Å². The molecule has 2 heterocycles. The number of hydrogen-bond acceptors (Lipinski definition) is 6. The minimum atomic E-state index is -3.66. The van der Waals surface area contributed by atoms with Gasteiger partial charge in [0.15, 0.2) is 5.76 Å². The number of esters is 1. The first-order valence-electron chi connectivity index (χ1n) is 12.1. The van der Waals surface area contributed by atoms with Crippen LogP contribution in [0, 0.1) is 5.92 Å². The Bertz CT molecular complexity index is 538. The lowest BCUT2D eigenvalue weighted by molar-refractivity contribution is -0.245. The number of carbonyl (C=O) groups excluding carboxylic acids is 1. The Kier molecular flexibility index (Phi) is 12.3. The monoisotopic (exact) mass is 444 g/mol. The van der Waals surface area contributed by atoms with E-state index in [-0.39, 0.29) is 19.1 Å². The van der Waals surface area contributed by atoms with Crippen LogP contribution in [0.4, 0.5) is 0 Å². The zero-order chi connectivity index (χ0) is 21.7. The van der Waals surface area contributed by atoms with Gasteiger partial charge in [0.25, 0.3) is 0 Å². The van der Waals surface area contributed by atoms with Crippen LogP contribution in [0.2, 0.25) is 0 Å². The summed E-state index contributed by atoms with van der Waals surface area (Å²) < 4.78 is 21.5. The van der Waals surface area contributed by atoms with Crippen molar-refractivity contribution in [3.63, 3.8) is 0 Å². The number of phosphoric acid groups is 1. The number of unbranched alkanes of at least 4 members (excludes halogenated alkanes) is 12. The number of hydrogen-bond donors (Lipinski definition) is 0. The molecule has 0 radical (unpaired) electrons. The van der Waals surface area contributed by atoms with Crippen molar-refractivity contribution in [2.75, 3.05) is 19.8 Å². The van der Waals surface area contributed by atoms with Gasteiger partial charge in [-0.3, -0.25) is 4.52 Å². The second-order valence-corrected chi connectivity index (χ2v) is 9.99. The summed E-state index contributed by atoms with van der Waals surface area (Å²) in [5, 5.41) is 0. The molecule has 0 bridgehead atoms.